The van der Waals surface area contributed by atoms with Crippen molar-refractivity contribution in [2.45, 2.75) is 58.4 Å². The fraction of sp³-hybridized carbons (Fsp3) is 0.556. The molecule has 1 fully saturated rings. The van der Waals surface area contributed by atoms with Crippen molar-refractivity contribution in [1.82, 2.24) is 10.2 Å². The van der Waals surface area contributed by atoms with Crippen LogP contribution in [-0.4, -0.2) is 54.0 Å². The Bertz CT molecular complexity index is 968. The number of likely N-dealkylation sites (tertiary alicyclic amines) is 1. The number of benzene rings is 1. The van der Waals surface area contributed by atoms with Crippen molar-refractivity contribution in [1.29, 1.82) is 0 Å². The summed E-state index contributed by atoms with van der Waals surface area (Å²) in [7, 11) is 0. The fourth-order valence-electron chi connectivity index (χ4n) is 4.65. The van der Waals surface area contributed by atoms with Crippen molar-refractivity contribution in [3.8, 4) is 0 Å². The quantitative estimate of drug-likeness (QED) is 0.243. The van der Waals surface area contributed by atoms with Gasteiger partial charge in [-0.1, -0.05) is 54.6 Å². The molecule has 0 unspecified atom stereocenters. The summed E-state index contributed by atoms with van der Waals surface area (Å²) in [6, 6.07) is 6.44. The highest BCUT2D eigenvalue weighted by Gasteiger charge is 2.39. The van der Waals surface area contributed by atoms with Gasteiger partial charge in [0.1, 0.15) is 6.67 Å². The Balaban J connectivity index is 2.10. The van der Waals surface area contributed by atoms with Crippen molar-refractivity contribution in [3.05, 3.63) is 46.7 Å². The summed E-state index contributed by atoms with van der Waals surface area (Å²) in [4.78, 5) is 53.5. The zero-order valence-electron chi connectivity index (χ0n) is 21.1. The van der Waals surface area contributed by atoms with E-state index >= 15 is 0 Å². The van der Waals surface area contributed by atoms with Crippen LogP contribution < -0.4 is 11.1 Å². The molecule has 0 saturated carbocycles. The third kappa shape index (κ3) is 8.25. The van der Waals surface area contributed by atoms with E-state index in [-0.39, 0.29) is 36.2 Å². The standard InChI is InChI=1S/C27H37BrFN3O4/c1-17(2)21(15-24(33)20-9-4-5-10-22(20)28)27(36)32-13-7-11-23(32)25(34)14-19(26(35)16-29)8-6-12-31-18(3)30/h4-5,9-10,17,19,21,23,31H,3,6-8,11-16,30H2,1-2H3/t19-,21+,23+/m1/s1. The Morgan fingerprint density at radius 1 is 1.22 bits per heavy atom. The Morgan fingerprint density at radius 3 is 2.53 bits per heavy atom. The van der Waals surface area contributed by atoms with Gasteiger partial charge >= 0.3 is 0 Å². The first-order valence-corrected chi connectivity index (χ1v) is 13.2. The molecule has 1 aliphatic heterocycles. The summed E-state index contributed by atoms with van der Waals surface area (Å²) in [6.07, 6.45) is 1.96. The van der Waals surface area contributed by atoms with E-state index < -0.39 is 30.3 Å². The molecule has 2 rings (SSSR count). The van der Waals surface area contributed by atoms with Gasteiger partial charge in [-0.25, -0.2) is 4.39 Å². The van der Waals surface area contributed by atoms with E-state index in [0.29, 0.717) is 54.6 Å². The molecule has 0 bridgehead atoms. The molecular weight excluding hydrogens is 529 g/mol. The van der Waals surface area contributed by atoms with Crippen LogP contribution in [0, 0.1) is 17.8 Å². The smallest absolute Gasteiger partial charge is 0.227 e. The summed E-state index contributed by atoms with van der Waals surface area (Å²) < 4.78 is 13.9. The molecule has 3 N–H and O–H groups in total. The van der Waals surface area contributed by atoms with Crippen LogP contribution in [0.25, 0.3) is 0 Å². The van der Waals surface area contributed by atoms with Gasteiger partial charge in [0.2, 0.25) is 5.91 Å². The lowest BCUT2D eigenvalue weighted by Crippen LogP contribution is -2.45. The number of nitrogens with two attached hydrogens (primary N) is 1. The van der Waals surface area contributed by atoms with Crippen LogP contribution >= 0.6 is 15.9 Å². The van der Waals surface area contributed by atoms with Crippen LogP contribution in [0.1, 0.15) is 62.7 Å². The van der Waals surface area contributed by atoms with Crippen molar-refractivity contribution in [2.24, 2.45) is 23.5 Å². The van der Waals surface area contributed by atoms with Crippen molar-refractivity contribution in [2.75, 3.05) is 19.8 Å². The molecule has 0 spiro atoms. The molecule has 1 heterocycles. The lowest BCUT2D eigenvalue weighted by Gasteiger charge is -2.30. The normalized spacial score (nSPS) is 17.0. The van der Waals surface area contributed by atoms with Gasteiger partial charge in [0.15, 0.2) is 17.3 Å². The van der Waals surface area contributed by atoms with Crippen LogP contribution in [0.5, 0.6) is 0 Å². The molecule has 1 saturated heterocycles. The third-order valence-electron chi connectivity index (χ3n) is 6.73. The summed E-state index contributed by atoms with van der Waals surface area (Å²) in [5.41, 5.74) is 5.99. The number of amides is 1. The number of rotatable bonds is 15. The lowest BCUT2D eigenvalue weighted by atomic mass is 9.86. The Morgan fingerprint density at radius 2 is 1.92 bits per heavy atom. The summed E-state index contributed by atoms with van der Waals surface area (Å²) in [6.45, 7) is 7.08. The topological polar surface area (TPSA) is 110 Å². The number of carbonyl (C=O) groups is 4. The predicted octanol–water partition coefficient (Wildman–Crippen LogP) is 4.20. The molecule has 198 valence electrons. The maximum atomic E-state index is 13.6. The number of alkyl halides is 1. The molecule has 1 amide bonds. The van der Waals surface area contributed by atoms with E-state index in [1.165, 1.54) is 0 Å². The minimum Gasteiger partial charge on any atom is -0.386 e. The largest absolute Gasteiger partial charge is 0.386 e. The minimum absolute atomic E-state index is 0.0406. The van der Waals surface area contributed by atoms with Crippen LogP contribution in [0.2, 0.25) is 0 Å². The predicted molar refractivity (Wildman–Crippen MR) is 141 cm³/mol. The number of hydrogen-bond donors (Lipinski definition) is 2. The molecule has 36 heavy (non-hydrogen) atoms. The van der Waals surface area contributed by atoms with Crippen LogP contribution in [0.3, 0.4) is 0 Å². The molecular formula is C27H37BrFN3O4. The zero-order chi connectivity index (χ0) is 26.8. The number of carbonyl (C=O) groups excluding carboxylic acids is 4. The van der Waals surface area contributed by atoms with Gasteiger partial charge in [0, 0.05) is 47.8 Å². The molecule has 1 aliphatic rings. The minimum atomic E-state index is -1.13. The second-order valence-corrected chi connectivity index (χ2v) is 10.6. The Labute approximate surface area is 221 Å². The van der Waals surface area contributed by atoms with Crippen molar-refractivity contribution in [3.63, 3.8) is 0 Å². The van der Waals surface area contributed by atoms with Gasteiger partial charge in [-0.15, -0.1) is 0 Å². The second-order valence-electron chi connectivity index (χ2n) is 9.71. The highest BCUT2D eigenvalue weighted by molar-refractivity contribution is 9.10. The van der Waals surface area contributed by atoms with Crippen molar-refractivity contribution < 1.29 is 23.6 Å². The average Bonchev–Trinajstić information content (AvgIpc) is 3.33. The van der Waals surface area contributed by atoms with E-state index in [1.807, 2.05) is 19.9 Å². The molecule has 0 aromatic heterocycles. The molecule has 9 heteroatoms. The maximum Gasteiger partial charge on any atom is 0.227 e. The molecule has 0 radical (unpaired) electrons. The number of halogens is 2. The first-order chi connectivity index (χ1) is 17.1. The van der Waals surface area contributed by atoms with E-state index in [4.69, 9.17) is 5.73 Å². The van der Waals surface area contributed by atoms with Gasteiger partial charge in [-0.05, 0) is 37.7 Å². The first kappa shape index (κ1) is 29.7. The zero-order valence-corrected chi connectivity index (χ0v) is 22.7. The molecule has 3 atom stereocenters. The number of Topliss-reactive ketones (excluding diaryl/α,β-unsaturated/α-hetero) is 3. The molecule has 1 aromatic carbocycles. The van der Waals surface area contributed by atoms with Gasteiger partial charge in [-0.3, -0.25) is 19.2 Å². The van der Waals surface area contributed by atoms with Crippen LogP contribution in [0.4, 0.5) is 4.39 Å². The fourth-order valence-corrected chi connectivity index (χ4v) is 5.15. The maximum absolute atomic E-state index is 13.6. The van der Waals surface area contributed by atoms with Gasteiger partial charge in [0.05, 0.1) is 11.9 Å². The van der Waals surface area contributed by atoms with E-state index in [2.05, 4.69) is 27.8 Å². The molecule has 0 aliphatic carbocycles. The average molecular weight is 567 g/mol. The highest BCUT2D eigenvalue weighted by Crippen LogP contribution is 2.29. The third-order valence-corrected chi connectivity index (χ3v) is 7.42. The molecule has 7 nitrogen and oxygen atoms in total. The number of nitrogens with one attached hydrogen (secondary N) is 1. The Kier molecular flexibility index (Phi) is 11.8. The van der Waals surface area contributed by atoms with E-state index in [1.54, 1.807) is 23.1 Å². The van der Waals surface area contributed by atoms with Gasteiger partial charge in [0.25, 0.3) is 0 Å². The molecule has 1 aromatic rings. The number of ketones is 3. The van der Waals surface area contributed by atoms with E-state index in [0.717, 1.165) is 0 Å². The van der Waals surface area contributed by atoms with Crippen LogP contribution in [0.15, 0.2) is 41.1 Å². The first-order valence-electron chi connectivity index (χ1n) is 12.4. The van der Waals surface area contributed by atoms with E-state index in [9.17, 15) is 23.6 Å². The summed E-state index contributed by atoms with van der Waals surface area (Å²) in [5.74, 6) is -2.32. The van der Waals surface area contributed by atoms with Gasteiger partial charge in [-0.2, -0.15) is 0 Å². The number of nitrogens with zero attached hydrogens (tertiary/aromatic N) is 1. The Hall–Kier alpha value is -2.55. The lowest BCUT2D eigenvalue weighted by molar-refractivity contribution is -0.142. The van der Waals surface area contributed by atoms with Crippen LogP contribution in [-0.2, 0) is 14.4 Å². The van der Waals surface area contributed by atoms with Gasteiger partial charge < -0.3 is 16.0 Å². The summed E-state index contributed by atoms with van der Waals surface area (Å²) in [5, 5.41) is 2.85. The second kappa shape index (κ2) is 14.3. The summed E-state index contributed by atoms with van der Waals surface area (Å²) >= 11 is 3.40. The SMILES string of the molecule is C=C(N)NCCC[C@H](CC(=O)[C@@H]1CCCN1C(=O)[C@@H](CC(=O)c1ccccc1Br)C(C)C)C(=O)CF. The monoisotopic (exact) mass is 565 g/mol. The highest BCUT2D eigenvalue weighted by atomic mass is 79.9. The van der Waals surface area contributed by atoms with Crippen molar-refractivity contribution >= 4 is 39.2 Å². The number of hydrogen-bond acceptors (Lipinski definition) is 6.